The molecule has 0 saturated carbocycles. The highest BCUT2D eigenvalue weighted by Crippen LogP contribution is 2.13. The standard InChI is InChI=1S/C20H36N4O/c1-6-21-20(23-14-19(24(4)5)12-16(2)3)22-13-18(15-25)17-10-8-7-9-11-17/h7-11,16,18-19,25H,6,12-15H2,1-5H3,(H2,21,22,23). The molecule has 142 valence electrons. The fourth-order valence-corrected chi connectivity index (χ4v) is 2.76. The van der Waals surface area contributed by atoms with E-state index in [0.29, 0.717) is 18.5 Å². The minimum atomic E-state index is 0.0605. The average molecular weight is 349 g/mol. The largest absolute Gasteiger partial charge is 0.396 e. The van der Waals surface area contributed by atoms with Crippen LogP contribution in [0.2, 0.25) is 0 Å². The Morgan fingerprint density at radius 1 is 1.16 bits per heavy atom. The Hall–Kier alpha value is -1.59. The van der Waals surface area contributed by atoms with Gasteiger partial charge in [0.2, 0.25) is 0 Å². The van der Waals surface area contributed by atoms with Crippen molar-refractivity contribution >= 4 is 5.96 Å². The Kier molecular flexibility index (Phi) is 10.2. The minimum Gasteiger partial charge on any atom is -0.396 e. The highest BCUT2D eigenvalue weighted by atomic mass is 16.3. The first-order valence-corrected chi connectivity index (χ1v) is 9.32. The summed E-state index contributed by atoms with van der Waals surface area (Å²) >= 11 is 0. The van der Waals surface area contributed by atoms with E-state index in [1.807, 2.05) is 18.2 Å². The highest BCUT2D eigenvalue weighted by molar-refractivity contribution is 5.79. The van der Waals surface area contributed by atoms with Gasteiger partial charge in [-0.05, 0) is 38.9 Å². The Labute approximate surface area is 153 Å². The first-order valence-electron chi connectivity index (χ1n) is 9.32. The van der Waals surface area contributed by atoms with Crippen LogP contribution in [0.4, 0.5) is 0 Å². The lowest BCUT2D eigenvalue weighted by Gasteiger charge is -2.25. The van der Waals surface area contributed by atoms with Crippen molar-refractivity contribution in [3.63, 3.8) is 0 Å². The summed E-state index contributed by atoms with van der Waals surface area (Å²) in [5, 5.41) is 16.4. The molecule has 0 aliphatic carbocycles. The molecule has 2 atom stereocenters. The normalized spacial score (nSPS) is 14.6. The molecule has 0 heterocycles. The summed E-state index contributed by atoms with van der Waals surface area (Å²) in [5.41, 5.74) is 1.14. The molecule has 0 radical (unpaired) electrons. The molecule has 0 saturated heterocycles. The lowest BCUT2D eigenvalue weighted by molar-refractivity contribution is 0.260. The molecule has 5 nitrogen and oxygen atoms in total. The van der Waals surface area contributed by atoms with Gasteiger partial charge in [-0.2, -0.15) is 0 Å². The number of likely N-dealkylation sites (N-methyl/N-ethyl adjacent to an activating group) is 1. The fraction of sp³-hybridized carbons (Fsp3) is 0.650. The highest BCUT2D eigenvalue weighted by Gasteiger charge is 2.14. The number of nitrogens with zero attached hydrogens (tertiary/aromatic N) is 2. The number of benzene rings is 1. The van der Waals surface area contributed by atoms with Crippen molar-refractivity contribution < 1.29 is 5.11 Å². The summed E-state index contributed by atoms with van der Waals surface area (Å²) < 4.78 is 0. The zero-order chi connectivity index (χ0) is 18.7. The second kappa shape index (κ2) is 11.9. The molecule has 1 aromatic rings. The van der Waals surface area contributed by atoms with Crippen molar-refractivity contribution in [1.29, 1.82) is 0 Å². The van der Waals surface area contributed by atoms with Crippen molar-refractivity contribution in [1.82, 2.24) is 15.5 Å². The van der Waals surface area contributed by atoms with Gasteiger partial charge in [0.15, 0.2) is 5.96 Å². The number of hydrogen-bond donors (Lipinski definition) is 3. The minimum absolute atomic E-state index is 0.0605. The van der Waals surface area contributed by atoms with Gasteiger partial charge in [0.25, 0.3) is 0 Å². The zero-order valence-corrected chi connectivity index (χ0v) is 16.5. The van der Waals surface area contributed by atoms with E-state index >= 15 is 0 Å². The molecule has 0 bridgehead atoms. The third-order valence-corrected chi connectivity index (χ3v) is 4.29. The molecule has 0 spiro atoms. The van der Waals surface area contributed by atoms with Crippen LogP contribution in [0.15, 0.2) is 35.3 Å². The predicted octanol–water partition coefficient (Wildman–Crippen LogP) is 2.29. The molecule has 3 N–H and O–H groups in total. The van der Waals surface area contributed by atoms with Gasteiger partial charge in [0.1, 0.15) is 0 Å². The van der Waals surface area contributed by atoms with Crippen LogP contribution in [-0.2, 0) is 0 Å². The Morgan fingerprint density at radius 2 is 1.84 bits per heavy atom. The summed E-state index contributed by atoms with van der Waals surface area (Å²) in [6, 6.07) is 10.5. The SMILES string of the molecule is CCNC(=NCC(CC(C)C)N(C)C)NCC(CO)c1ccccc1. The van der Waals surface area contributed by atoms with E-state index < -0.39 is 0 Å². The van der Waals surface area contributed by atoms with Crippen LogP contribution >= 0.6 is 0 Å². The second-order valence-electron chi connectivity index (χ2n) is 7.14. The van der Waals surface area contributed by atoms with Crippen LogP contribution in [0, 0.1) is 5.92 Å². The fourth-order valence-electron chi connectivity index (χ4n) is 2.76. The molecule has 2 unspecified atom stereocenters. The van der Waals surface area contributed by atoms with E-state index in [2.05, 4.69) is 62.5 Å². The summed E-state index contributed by atoms with van der Waals surface area (Å²) in [6.07, 6.45) is 1.12. The lowest BCUT2D eigenvalue weighted by atomic mass is 10.0. The number of aliphatic hydroxyl groups is 1. The topological polar surface area (TPSA) is 59.9 Å². The van der Waals surface area contributed by atoms with Crippen LogP contribution in [0.5, 0.6) is 0 Å². The molecule has 0 aromatic heterocycles. The predicted molar refractivity (Wildman–Crippen MR) is 107 cm³/mol. The van der Waals surface area contributed by atoms with E-state index in [4.69, 9.17) is 4.99 Å². The number of nitrogens with one attached hydrogen (secondary N) is 2. The second-order valence-corrected chi connectivity index (χ2v) is 7.14. The number of aliphatic hydroxyl groups excluding tert-OH is 1. The van der Waals surface area contributed by atoms with E-state index in [1.54, 1.807) is 0 Å². The summed E-state index contributed by atoms with van der Waals surface area (Å²) in [5.74, 6) is 1.52. The monoisotopic (exact) mass is 348 g/mol. The van der Waals surface area contributed by atoms with Gasteiger partial charge >= 0.3 is 0 Å². The Balaban J connectivity index is 2.68. The molecule has 0 aliphatic heterocycles. The number of rotatable bonds is 10. The zero-order valence-electron chi connectivity index (χ0n) is 16.5. The van der Waals surface area contributed by atoms with E-state index in [1.165, 1.54) is 0 Å². The number of guanidine groups is 1. The molecular weight excluding hydrogens is 312 g/mol. The molecular formula is C20H36N4O. The van der Waals surface area contributed by atoms with Gasteiger partial charge in [0, 0.05) is 25.0 Å². The summed E-state index contributed by atoms with van der Waals surface area (Å²) in [4.78, 5) is 7.00. The van der Waals surface area contributed by atoms with E-state index in [0.717, 1.165) is 31.0 Å². The molecule has 0 fully saturated rings. The van der Waals surface area contributed by atoms with Crippen molar-refractivity contribution in [3.05, 3.63) is 35.9 Å². The maximum Gasteiger partial charge on any atom is 0.191 e. The molecule has 1 rings (SSSR count). The maximum absolute atomic E-state index is 9.71. The lowest BCUT2D eigenvalue weighted by Crippen LogP contribution is -2.41. The Morgan fingerprint density at radius 3 is 2.36 bits per heavy atom. The average Bonchev–Trinajstić information content (AvgIpc) is 2.59. The van der Waals surface area contributed by atoms with E-state index in [9.17, 15) is 5.11 Å². The van der Waals surface area contributed by atoms with Gasteiger partial charge in [0.05, 0.1) is 13.2 Å². The summed E-state index contributed by atoms with van der Waals surface area (Å²) in [6.45, 7) is 8.90. The third-order valence-electron chi connectivity index (χ3n) is 4.29. The maximum atomic E-state index is 9.71. The number of aliphatic imine (C=N–C) groups is 1. The summed E-state index contributed by atoms with van der Waals surface area (Å²) in [7, 11) is 4.22. The molecule has 5 heteroatoms. The van der Waals surface area contributed by atoms with Gasteiger partial charge in [-0.3, -0.25) is 4.99 Å². The van der Waals surface area contributed by atoms with Gasteiger partial charge in [-0.1, -0.05) is 44.2 Å². The van der Waals surface area contributed by atoms with Crippen LogP contribution in [0.1, 0.15) is 38.7 Å². The molecule has 1 aromatic carbocycles. The number of hydrogen-bond acceptors (Lipinski definition) is 3. The van der Waals surface area contributed by atoms with Gasteiger partial charge < -0.3 is 20.6 Å². The first kappa shape index (κ1) is 21.5. The van der Waals surface area contributed by atoms with Crippen LogP contribution < -0.4 is 10.6 Å². The van der Waals surface area contributed by atoms with Crippen LogP contribution in [0.3, 0.4) is 0 Å². The van der Waals surface area contributed by atoms with Crippen LogP contribution in [0.25, 0.3) is 0 Å². The Bertz CT molecular complexity index is 488. The van der Waals surface area contributed by atoms with Crippen molar-refractivity contribution in [2.24, 2.45) is 10.9 Å². The van der Waals surface area contributed by atoms with Gasteiger partial charge in [-0.25, -0.2) is 0 Å². The molecule has 25 heavy (non-hydrogen) atoms. The molecule has 0 aliphatic rings. The third kappa shape index (κ3) is 8.36. The van der Waals surface area contributed by atoms with Gasteiger partial charge in [-0.15, -0.1) is 0 Å². The van der Waals surface area contributed by atoms with Crippen LogP contribution in [-0.4, -0.2) is 62.3 Å². The first-order chi connectivity index (χ1) is 12.0. The van der Waals surface area contributed by atoms with E-state index in [-0.39, 0.29) is 12.5 Å². The smallest absolute Gasteiger partial charge is 0.191 e. The quantitative estimate of drug-likeness (QED) is 0.448. The van der Waals surface area contributed by atoms with Crippen molar-refractivity contribution in [3.8, 4) is 0 Å². The molecule has 0 amide bonds. The van der Waals surface area contributed by atoms with Crippen molar-refractivity contribution in [2.45, 2.75) is 39.2 Å². The van der Waals surface area contributed by atoms with Crippen molar-refractivity contribution in [2.75, 3.05) is 40.3 Å².